The number of hydrogen-bond donors (Lipinski definition) is 4. The Morgan fingerprint density at radius 2 is 1.13 bits per heavy atom. The molecular formula is C53H50N6O8. The number of allylic oxidation sites excluding steroid dienone is 2. The molecule has 0 bridgehead atoms. The predicted octanol–water partition coefficient (Wildman–Crippen LogP) is 9.17. The zero-order valence-corrected chi connectivity index (χ0v) is 38.2. The second kappa shape index (κ2) is 17.3. The van der Waals surface area contributed by atoms with Gasteiger partial charge in [0.15, 0.2) is 11.3 Å². The van der Waals surface area contributed by atoms with Crippen LogP contribution in [-0.2, 0) is 33.5 Å². The average molecular weight is 899 g/mol. The zero-order chi connectivity index (χ0) is 47.2. The number of hydrogen-bond acceptors (Lipinski definition) is 12. The third kappa shape index (κ3) is 7.30. The summed E-state index contributed by atoms with van der Waals surface area (Å²) in [4.78, 5) is 36.5. The van der Waals surface area contributed by atoms with E-state index in [0.29, 0.717) is 81.2 Å². The molecule has 340 valence electrons. The molecule has 4 N–H and O–H groups in total. The highest BCUT2D eigenvalue weighted by atomic mass is 16.5. The number of benzene rings is 5. The molecular weight excluding hydrogens is 849 g/mol. The van der Waals surface area contributed by atoms with Gasteiger partial charge in [-0.25, -0.2) is 0 Å². The van der Waals surface area contributed by atoms with Gasteiger partial charge < -0.3 is 48.9 Å². The van der Waals surface area contributed by atoms with Gasteiger partial charge in [-0.1, -0.05) is 48.5 Å². The number of furan rings is 1. The summed E-state index contributed by atoms with van der Waals surface area (Å²) >= 11 is 0. The van der Waals surface area contributed by atoms with E-state index in [4.69, 9.17) is 23.4 Å². The summed E-state index contributed by atoms with van der Waals surface area (Å²) < 4.78 is 27.7. The molecule has 6 aromatic rings. The number of phenolic OH excluding ortho intramolecular Hbond substituents is 1. The van der Waals surface area contributed by atoms with Crippen molar-refractivity contribution in [3.63, 3.8) is 0 Å². The van der Waals surface area contributed by atoms with E-state index in [0.717, 1.165) is 28.2 Å². The summed E-state index contributed by atoms with van der Waals surface area (Å²) in [5, 5.41) is 26.2. The molecule has 5 heterocycles. The van der Waals surface area contributed by atoms with Crippen molar-refractivity contribution in [1.29, 1.82) is 5.41 Å². The van der Waals surface area contributed by atoms with Crippen LogP contribution in [0.3, 0.4) is 0 Å². The second-order valence-electron chi connectivity index (χ2n) is 16.7. The molecule has 14 heteroatoms. The lowest BCUT2D eigenvalue weighted by atomic mass is 9.86. The summed E-state index contributed by atoms with van der Waals surface area (Å²) in [6, 6.07) is 37.0. The molecule has 2 atom stereocenters. The number of para-hydroxylation sites is 2. The van der Waals surface area contributed by atoms with Crippen LogP contribution in [0.4, 0.5) is 22.7 Å². The van der Waals surface area contributed by atoms with Gasteiger partial charge in [-0.05, 0) is 66.9 Å². The smallest absolute Gasteiger partial charge is 0.201 e. The van der Waals surface area contributed by atoms with Gasteiger partial charge >= 0.3 is 0 Å². The highest BCUT2D eigenvalue weighted by molar-refractivity contribution is 6.38. The summed E-state index contributed by atoms with van der Waals surface area (Å²) in [6.45, 7) is 3.64. The Labute approximate surface area is 388 Å². The number of fused-ring (bicyclic) bond motifs is 2. The molecule has 0 radical (unpaired) electrons. The van der Waals surface area contributed by atoms with E-state index >= 15 is 0 Å². The Kier molecular flexibility index (Phi) is 11.3. The Morgan fingerprint density at radius 3 is 1.61 bits per heavy atom. The predicted molar refractivity (Wildman–Crippen MR) is 258 cm³/mol. The first-order chi connectivity index (χ1) is 32.4. The number of Topliss-reactive ketones (excluding diaryl/α,β-unsaturated/α-hetero) is 2. The first-order valence-corrected chi connectivity index (χ1v) is 21.6. The Hall–Kier alpha value is -8.26. The Morgan fingerprint density at radius 1 is 0.627 bits per heavy atom. The minimum atomic E-state index is -1.27. The zero-order valence-electron chi connectivity index (χ0n) is 38.2. The van der Waals surface area contributed by atoms with Gasteiger partial charge in [0.25, 0.3) is 0 Å². The Balaban J connectivity index is 0.000000168. The number of carbonyl (C=O) groups is 2. The second-order valence-corrected chi connectivity index (χ2v) is 16.7. The number of carbonyl (C=O) groups excluding carboxylic acids is 2. The van der Waals surface area contributed by atoms with Crippen molar-refractivity contribution in [1.82, 2.24) is 0 Å². The van der Waals surface area contributed by atoms with Crippen molar-refractivity contribution in [2.75, 3.05) is 55.9 Å². The van der Waals surface area contributed by atoms with Crippen LogP contribution in [0.25, 0.3) is 0 Å². The highest BCUT2D eigenvalue weighted by Gasteiger charge is 2.57. The van der Waals surface area contributed by atoms with Gasteiger partial charge in [-0.3, -0.25) is 20.0 Å². The largest absolute Gasteiger partial charge is 0.508 e. The number of nitrogens with one attached hydrogen (secondary N) is 3. The quantitative estimate of drug-likeness (QED) is 0.107. The first-order valence-electron chi connectivity index (χ1n) is 21.6. The number of aromatic hydroxyl groups is 1. The standard InChI is InChI=1S/C27H25N3O4.C26H25N3O4/c1-27(17-8-6-9-19(31)12-17)25(32)24(23-11-16-7-4-5-10-22(16)29-23)26(28)30(27)18-13-20(33-2)15-21(14-18)34-3;1-26(22-10-7-11-33-22)24(30)23(21-12-16-8-5-6-9-20(16)28-21)25(27-2)29(26)17-13-18(31-3)15-19(14-17)32-4/h4-10,12-15,28-29,31H,11H2,1-3H3;5-11,13-15,28H,12H2,1-4H3. The van der Waals surface area contributed by atoms with Crippen LogP contribution in [0.15, 0.2) is 160 Å². The molecule has 67 heavy (non-hydrogen) atoms. The van der Waals surface area contributed by atoms with Crippen LogP contribution in [0.1, 0.15) is 36.3 Å². The van der Waals surface area contributed by atoms with Gasteiger partial charge in [-0.15, -0.1) is 0 Å². The fourth-order valence-electron chi connectivity index (χ4n) is 9.47. The number of anilines is 4. The van der Waals surface area contributed by atoms with Gasteiger partial charge in [0, 0.05) is 79.1 Å². The molecule has 10 rings (SSSR count). The van der Waals surface area contributed by atoms with Crippen LogP contribution in [0.5, 0.6) is 28.7 Å². The van der Waals surface area contributed by atoms with Gasteiger partial charge in [-0.2, -0.15) is 0 Å². The van der Waals surface area contributed by atoms with Crippen molar-refractivity contribution in [2.24, 2.45) is 4.99 Å². The van der Waals surface area contributed by atoms with Crippen molar-refractivity contribution in [3.05, 3.63) is 173 Å². The van der Waals surface area contributed by atoms with E-state index in [1.54, 1.807) is 108 Å². The summed E-state index contributed by atoms with van der Waals surface area (Å²) in [5.41, 5.74) is 6.01. The molecule has 0 saturated carbocycles. The van der Waals surface area contributed by atoms with E-state index in [-0.39, 0.29) is 23.2 Å². The van der Waals surface area contributed by atoms with Crippen LogP contribution in [-0.4, -0.2) is 63.8 Å². The molecule has 4 aliphatic rings. The normalized spacial score (nSPS) is 22.3. The molecule has 2 fully saturated rings. The number of aliphatic imine (C=N–C) groups is 1. The summed E-state index contributed by atoms with van der Waals surface area (Å²) in [6.07, 6.45) is 2.74. The maximum absolute atomic E-state index is 14.2. The first kappa shape index (κ1) is 44.0. The van der Waals surface area contributed by atoms with Crippen LogP contribution >= 0.6 is 0 Å². The number of ether oxygens (including phenoxy) is 4. The van der Waals surface area contributed by atoms with Crippen LogP contribution < -0.4 is 39.4 Å². The molecule has 0 spiro atoms. The SMILES string of the molecule is CN=C1C(=C2Cc3ccccc3N2)C(=O)C(C)(c2ccco2)N1c1cc(OC)cc(OC)c1.COc1cc(OC)cc(N2C(=N)C(=C3Cc4ccccc4N3)C(=O)C2(C)c2cccc(O)c2)c1. The number of methoxy groups -OCH3 is 4. The number of nitrogens with zero attached hydrogens (tertiary/aromatic N) is 3. The molecule has 2 saturated heterocycles. The molecule has 2 unspecified atom stereocenters. The number of phenols is 1. The number of rotatable bonds is 8. The molecule has 5 aromatic carbocycles. The highest BCUT2D eigenvalue weighted by Crippen LogP contribution is 2.49. The fraction of sp³-hybridized carbons (Fsp3) is 0.208. The molecule has 0 aliphatic carbocycles. The number of ketones is 2. The van der Waals surface area contributed by atoms with Gasteiger partial charge in [0.05, 0.1) is 57.2 Å². The third-order valence-electron chi connectivity index (χ3n) is 12.9. The minimum absolute atomic E-state index is 0.0497. The fourth-order valence-corrected chi connectivity index (χ4v) is 9.47. The molecule has 1 aromatic heterocycles. The van der Waals surface area contributed by atoms with Crippen molar-refractivity contribution in [2.45, 2.75) is 37.8 Å². The average Bonchev–Trinajstić information content (AvgIpc) is 4.19. The van der Waals surface area contributed by atoms with Gasteiger partial charge in [0.1, 0.15) is 51.7 Å². The summed E-state index contributed by atoms with van der Waals surface area (Å²) in [7, 11) is 8.01. The lowest BCUT2D eigenvalue weighted by Crippen LogP contribution is -2.44. The summed E-state index contributed by atoms with van der Waals surface area (Å²) in [5.74, 6) is 3.21. The molecule has 4 aliphatic heterocycles. The van der Waals surface area contributed by atoms with Crippen molar-refractivity contribution >= 4 is 46.0 Å². The van der Waals surface area contributed by atoms with E-state index < -0.39 is 11.1 Å². The van der Waals surface area contributed by atoms with E-state index in [2.05, 4.69) is 21.7 Å². The van der Waals surface area contributed by atoms with E-state index in [1.165, 1.54) is 0 Å². The van der Waals surface area contributed by atoms with Crippen molar-refractivity contribution in [3.8, 4) is 28.7 Å². The lowest BCUT2D eigenvalue weighted by molar-refractivity contribution is -0.119. The number of amidine groups is 2. The Bertz CT molecular complexity index is 2970. The van der Waals surface area contributed by atoms with Crippen LogP contribution in [0, 0.1) is 5.41 Å². The minimum Gasteiger partial charge on any atom is -0.508 e. The van der Waals surface area contributed by atoms with Gasteiger partial charge in [0.2, 0.25) is 5.78 Å². The van der Waals surface area contributed by atoms with E-state index in [1.807, 2.05) is 72.5 Å². The van der Waals surface area contributed by atoms with Crippen LogP contribution in [0.2, 0.25) is 0 Å². The maximum Gasteiger partial charge on any atom is 0.201 e. The monoisotopic (exact) mass is 898 g/mol. The van der Waals surface area contributed by atoms with Crippen molar-refractivity contribution < 1.29 is 38.1 Å². The topological polar surface area (TPSA) is 171 Å². The molecule has 0 amide bonds. The molecule has 14 nitrogen and oxygen atoms in total. The maximum atomic E-state index is 14.2. The van der Waals surface area contributed by atoms with E-state index in [9.17, 15) is 20.1 Å². The third-order valence-corrected chi connectivity index (χ3v) is 12.9. The lowest BCUT2D eigenvalue weighted by Gasteiger charge is -2.35.